The van der Waals surface area contributed by atoms with Gasteiger partial charge < -0.3 is 10.4 Å². The summed E-state index contributed by atoms with van der Waals surface area (Å²) in [6.07, 6.45) is 1.65. The van der Waals surface area contributed by atoms with Crippen molar-refractivity contribution in [2.45, 2.75) is 33.1 Å². The van der Waals surface area contributed by atoms with Crippen molar-refractivity contribution in [1.29, 1.82) is 0 Å². The topological polar surface area (TPSA) is 84.2 Å². The van der Waals surface area contributed by atoms with Gasteiger partial charge in [0.05, 0.1) is 23.0 Å². The summed E-state index contributed by atoms with van der Waals surface area (Å²) in [4.78, 5) is 23.1. The van der Waals surface area contributed by atoms with Crippen LogP contribution in [-0.4, -0.2) is 26.8 Å². The fourth-order valence-electron chi connectivity index (χ4n) is 2.62. The summed E-state index contributed by atoms with van der Waals surface area (Å²) in [5.41, 5.74) is 2.42. The molecule has 1 aromatic heterocycles. The largest absolute Gasteiger partial charge is 0.481 e. The molecule has 0 bridgehead atoms. The number of hydrogen-bond acceptors (Lipinski definition) is 3. The van der Waals surface area contributed by atoms with E-state index in [9.17, 15) is 9.59 Å². The van der Waals surface area contributed by atoms with E-state index in [4.69, 9.17) is 5.11 Å². The molecule has 0 aliphatic heterocycles. The van der Waals surface area contributed by atoms with Gasteiger partial charge in [0.2, 0.25) is 5.91 Å². The van der Waals surface area contributed by atoms with E-state index in [-0.39, 0.29) is 17.7 Å². The molecule has 1 amide bonds. The van der Waals surface area contributed by atoms with Crippen molar-refractivity contribution in [2.75, 3.05) is 5.32 Å². The van der Waals surface area contributed by atoms with Crippen LogP contribution in [0, 0.1) is 25.7 Å². The van der Waals surface area contributed by atoms with E-state index in [1.807, 2.05) is 20.9 Å². The predicted molar refractivity (Wildman–Crippen MR) is 69.8 cm³/mol. The van der Waals surface area contributed by atoms with Crippen molar-refractivity contribution < 1.29 is 14.7 Å². The monoisotopic (exact) mass is 265 g/mol. The van der Waals surface area contributed by atoms with Crippen molar-refractivity contribution in [2.24, 2.45) is 18.9 Å². The minimum absolute atomic E-state index is 0.0945. The molecule has 2 atom stereocenters. The van der Waals surface area contributed by atoms with Crippen molar-refractivity contribution in [1.82, 2.24) is 9.78 Å². The molecule has 6 heteroatoms. The van der Waals surface area contributed by atoms with Crippen molar-refractivity contribution >= 4 is 17.6 Å². The van der Waals surface area contributed by atoms with E-state index in [1.165, 1.54) is 0 Å². The number of nitrogens with zero attached hydrogens (tertiary/aromatic N) is 2. The van der Waals surface area contributed by atoms with Crippen LogP contribution in [0.4, 0.5) is 5.69 Å². The van der Waals surface area contributed by atoms with E-state index < -0.39 is 5.97 Å². The van der Waals surface area contributed by atoms with Gasteiger partial charge >= 0.3 is 5.97 Å². The Balaban J connectivity index is 2.04. The molecule has 104 valence electrons. The molecule has 0 spiro atoms. The van der Waals surface area contributed by atoms with E-state index in [0.29, 0.717) is 19.3 Å². The third-order valence-corrected chi connectivity index (χ3v) is 3.91. The molecule has 1 aromatic rings. The van der Waals surface area contributed by atoms with Crippen LogP contribution in [-0.2, 0) is 16.6 Å². The molecule has 6 nitrogen and oxygen atoms in total. The number of aliphatic carboxylic acids is 1. The van der Waals surface area contributed by atoms with Crippen LogP contribution in [0.3, 0.4) is 0 Å². The summed E-state index contributed by atoms with van der Waals surface area (Å²) in [5.74, 6) is -1.49. The van der Waals surface area contributed by atoms with Gasteiger partial charge in [-0.3, -0.25) is 14.3 Å². The number of aromatic nitrogens is 2. The van der Waals surface area contributed by atoms with E-state index in [2.05, 4.69) is 10.4 Å². The molecular weight excluding hydrogens is 246 g/mol. The Morgan fingerprint density at radius 2 is 1.95 bits per heavy atom. The van der Waals surface area contributed by atoms with Crippen LogP contribution in [0.15, 0.2) is 0 Å². The van der Waals surface area contributed by atoms with Crippen LogP contribution < -0.4 is 5.32 Å². The number of carbonyl (C=O) groups excluding carboxylic acids is 1. The highest BCUT2D eigenvalue weighted by Gasteiger charge is 2.34. The number of carbonyl (C=O) groups is 2. The highest BCUT2D eigenvalue weighted by atomic mass is 16.4. The Hall–Kier alpha value is -1.85. The quantitative estimate of drug-likeness (QED) is 0.867. The lowest BCUT2D eigenvalue weighted by Crippen LogP contribution is -2.22. The van der Waals surface area contributed by atoms with Crippen LogP contribution in [0.5, 0.6) is 0 Å². The Morgan fingerprint density at radius 1 is 1.32 bits per heavy atom. The van der Waals surface area contributed by atoms with Gasteiger partial charge in [0.25, 0.3) is 0 Å². The Labute approximate surface area is 111 Å². The zero-order chi connectivity index (χ0) is 14.2. The van der Waals surface area contributed by atoms with Gasteiger partial charge in [-0.15, -0.1) is 0 Å². The summed E-state index contributed by atoms with van der Waals surface area (Å²) >= 11 is 0. The summed E-state index contributed by atoms with van der Waals surface area (Å²) in [6, 6.07) is 0. The van der Waals surface area contributed by atoms with E-state index >= 15 is 0 Å². The van der Waals surface area contributed by atoms with E-state index in [1.54, 1.807) is 4.68 Å². The average molecular weight is 265 g/mol. The fourth-order valence-corrected chi connectivity index (χ4v) is 2.62. The van der Waals surface area contributed by atoms with Gasteiger partial charge in [-0.05, 0) is 33.1 Å². The standard InChI is InChI=1S/C13H19N3O3/c1-7-11(8(2)16(3)15-7)14-12(17)9-4-5-10(6-9)13(18)19/h9-10H,4-6H2,1-3H3,(H,14,17)(H,18,19). The normalized spacial score (nSPS) is 22.5. The first-order valence-electron chi connectivity index (χ1n) is 6.44. The first-order valence-corrected chi connectivity index (χ1v) is 6.44. The summed E-state index contributed by atoms with van der Waals surface area (Å²) in [5, 5.41) is 16.1. The van der Waals surface area contributed by atoms with Gasteiger partial charge in [-0.1, -0.05) is 0 Å². The number of rotatable bonds is 3. The van der Waals surface area contributed by atoms with Gasteiger partial charge in [0.1, 0.15) is 0 Å². The predicted octanol–water partition coefficient (Wildman–Crippen LogP) is 1.48. The number of hydrogen-bond donors (Lipinski definition) is 2. The number of amides is 1. The Morgan fingerprint density at radius 3 is 2.42 bits per heavy atom. The van der Waals surface area contributed by atoms with E-state index in [0.717, 1.165) is 17.1 Å². The maximum atomic E-state index is 12.2. The molecule has 1 saturated carbocycles. The highest BCUT2D eigenvalue weighted by molar-refractivity contribution is 5.94. The number of aryl methyl sites for hydroxylation is 2. The molecule has 0 aromatic carbocycles. The van der Waals surface area contributed by atoms with Crippen molar-refractivity contribution in [3.8, 4) is 0 Å². The van der Waals surface area contributed by atoms with Crippen LogP contribution in [0.25, 0.3) is 0 Å². The first-order chi connectivity index (χ1) is 8.90. The third-order valence-electron chi connectivity index (χ3n) is 3.91. The molecule has 19 heavy (non-hydrogen) atoms. The second-order valence-corrected chi connectivity index (χ2v) is 5.20. The lowest BCUT2D eigenvalue weighted by Gasteiger charge is -2.11. The summed E-state index contributed by atoms with van der Waals surface area (Å²) in [6.45, 7) is 3.74. The highest BCUT2D eigenvalue weighted by Crippen LogP contribution is 2.32. The molecule has 0 radical (unpaired) electrons. The molecule has 1 aliphatic carbocycles. The molecule has 2 unspecified atom stereocenters. The number of anilines is 1. The lowest BCUT2D eigenvalue weighted by atomic mass is 10.0. The minimum Gasteiger partial charge on any atom is -0.481 e. The number of carboxylic acid groups (broad SMARTS) is 1. The second-order valence-electron chi connectivity index (χ2n) is 5.20. The van der Waals surface area contributed by atoms with Crippen molar-refractivity contribution in [3.05, 3.63) is 11.4 Å². The maximum Gasteiger partial charge on any atom is 0.306 e. The minimum atomic E-state index is -0.802. The fraction of sp³-hybridized carbons (Fsp3) is 0.615. The molecule has 1 fully saturated rings. The summed E-state index contributed by atoms with van der Waals surface area (Å²) < 4.78 is 1.72. The third kappa shape index (κ3) is 2.62. The first kappa shape index (κ1) is 13.6. The molecule has 2 rings (SSSR count). The van der Waals surface area contributed by atoms with Crippen LogP contribution in [0.2, 0.25) is 0 Å². The molecular formula is C13H19N3O3. The molecule has 1 aliphatic rings. The zero-order valence-corrected chi connectivity index (χ0v) is 11.4. The number of carboxylic acids is 1. The smallest absolute Gasteiger partial charge is 0.306 e. The van der Waals surface area contributed by atoms with Crippen molar-refractivity contribution in [3.63, 3.8) is 0 Å². The molecule has 1 heterocycles. The lowest BCUT2D eigenvalue weighted by molar-refractivity contribution is -0.141. The second kappa shape index (κ2) is 5.03. The molecule has 0 saturated heterocycles. The summed E-state index contributed by atoms with van der Waals surface area (Å²) in [7, 11) is 1.83. The number of nitrogens with one attached hydrogen (secondary N) is 1. The van der Waals surface area contributed by atoms with Gasteiger partial charge in [-0.25, -0.2) is 0 Å². The average Bonchev–Trinajstić information content (AvgIpc) is 2.91. The SMILES string of the molecule is Cc1nn(C)c(C)c1NC(=O)C1CCC(C(=O)O)C1. The van der Waals surface area contributed by atoms with Gasteiger partial charge in [0.15, 0.2) is 0 Å². The van der Waals surface area contributed by atoms with Gasteiger partial charge in [-0.2, -0.15) is 5.10 Å². The Kier molecular flexibility index (Phi) is 3.59. The maximum absolute atomic E-state index is 12.2. The Bertz CT molecular complexity index is 521. The van der Waals surface area contributed by atoms with Crippen LogP contribution in [0.1, 0.15) is 30.7 Å². The zero-order valence-electron chi connectivity index (χ0n) is 11.4. The van der Waals surface area contributed by atoms with Crippen LogP contribution >= 0.6 is 0 Å². The molecule has 2 N–H and O–H groups in total. The van der Waals surface area contributed by atoms with Gasteiger partial charge in [0, 0.05) is 13.0 Å².